The van der Waals surface area contributed by atoms with Gasteiger partial charge in [0, 0.05) is 42.8 Å². The predicted molar refractivity (Wildman–Crippen MR) is 79.2 cm³/mol. The number of thioether (sulfide) groups is 1. The minimum absolute atomic E-state index is 0.0158. The zero-order valence-electron chi connectivity index (χ0n) is 12.1. The van der Waals surface area contributed by atoms with E-state index in [1.807, 2.05) is 0 Å². The second kappa shape index (κ2) is 5.70. The van der Waals surface area contributed by atoms with Crippen molar-refractivity contribution in [3.8, 4) is 0 Å². The normalized spacial score (nSPS) is 43.0. The molecule has 0 radical (unpaired) electrons. The van der Waals surface area contributed by atoms with Gasteiger partial charge in [0.25, 0.3) is 0 Å². The van der Waals surface area contributed by atoms with Crippen molar-refractivity contribution in [2.24, 2.45) is 5.73 Å². The van der Waals surface area contributed by atoms with Gasteiger partial charge < -0.3 is 10.5 Å². The van der Waals surface area contributed by atoms with Crippen LogP contribution in [0.3, 0.4) is 0 Å². The summed E-state index contributed by atoms with van der Waals surface area (Å²) in [5.74, 6) is 2.49. The Kier molecular flexibility index (Phi) is 4.63. The van der Waals surface area contributed by atoms with Crippen LogP contribution in [0.2, 0.25) is 0 Å². The predicted octanol–water partition coefficient (Wildman–Crippen LogP) is 2.10. The Labute approximate surface area is 116 Å². The van der Waals surface area contributed by atoms with Crippen LogP contribution >= 0.6 is 11.8 Å². The highest BCUT2D eigenvalue weighted by Crippen LogP contribution is 2.40. The second-order valence-electron chi connectivity index (χ2n) is 6.12. The van der Waals surface area contributed by atoms with Crippen LogP contribution in [0.1, 0.15) is 40.0 Å². The van der Waals surface area contributed by atoms with Gasteiger partial charge in [-0.05, 0) is 33.1 Å². The van der Waals surface area contributed by atoms with Crippen molar-refractivity contribution < 1.29 is 4.74 Å². The molecule has 0 bridgehead atoms. The lowest BCUT2D eigenvalue weighted by molar-refractivity contribution is -0.133. The van der Waals surface area contributed by atoms with Crippen LogP contribution in [0.15, 0.2) is 0 Å². The molecular formula is C14H28N2OS. The van der Waals surface area contributed by atoms with E-state index in [4.69, 9.17) is 10.5 Å². The zero-order valence-corrected chi connectivity index (χ0v) is 12.9. The van der Waals surface area contributed by atoms with Gasteiger partial charge in [0.15, 0.2) is 0 Å². The Morgan fingerprint density at radius 2 is 2.28 bits per heavy atom. The SMILES string of the molecule is CCC1(C)CC(CN)(N2CCSCC2C)CCO1. The molecular weight excluding hydrogens is 244 g/mol. The molecule has 0 aromatic heterocycles. The van der Waals surface area contributed by atoms with Crippen LogP contribution in [0.4, 0.5) is 0 Å². The monoisotopic (exact) mass is 272 g/mol. The number of hydrogen-bond donors (Lipinski definition) is 1. The summed E-state index contributed by atoms with van der Waals surface area (Å²) in [5, 5.41) is 0. The fraction of sp³-hybridized carbons (Fsp3) is 1.00. The lowest BCUT2D eigenvalue weighted by Crippen LogP contribution is -2.64. The van der Waals surface area contributed by atoms with Crippen molar-refractivity contribution >= 4 is 11.8 Å². The van der Waals surface area contributed by atoms with E-state index in [0.29, 0.717) is 6.04 Å². The van der Waals surface area contributed by atoms with Crippen molar-refractivity contribution in [1.29, 1.82) is 0 Å². The first-order valence-electron chi connectivity index (χ1n) is 7.24. The third-order valence-electron chi connectivity index (χ3n) is 4.83. The van der Waals surface area contributed by atoms with Crippen LogP contribution in [0, 0.1) is 0 Å². The van der Waals surface area contributed by atoms with Crippen LogP contribution in [0.5, 0.6) is 0 Å². The lowest BCUT2D eigenvalue weighted by Gasteiger charge is -2.54. The summed E-state index contributed by atoms with van der Waals surface area (Å²) in [4.78, 5) is 2.68. The summed E-state index contributed by atoms with van der Waals surface area (Å²) in [6, 6.07) is 0.645. The summed E-state index contributed by atoms with van der Waals surface area (Å²) < 4.78 is 6.01. The fourth-order valence-electron chi connectivity index (χ4n) is 3.52. The smallest absolute Gasteiger partial charge is 0.0670 e. The second-order valence-corrected chi connectivity index (χ2v) is 7.27. The first-order valence-corrected chi connectivity index (χ1v) is 8.39. The summed E-state index contributed by atoms with van der Waals surface area (Å²) in [6.07, 6.45) is 3.25. The van der Waals surface area contributed by atoms with Gasteiger partial charge in [-0.15, -0.1) is 0 Å². The van der Waals surface area contributed by atoms with E-state index >= 15 is 0 Å². The van der Waals surface area contributed by atoms with Crippen molar-refractivity contribution in [3.05, 3.63) is 0 Å². The fourth-order valence-corrected chi connectivity index (χ4v) is 4.53. The van der Waals surface area contributed by atoms with Gasteiger partial charge in [0.05, 0.1) is 5.60 Å². The van der Waals surface area contributed by atoms with E-state index in [1.54, 1.807) is 0 Å². The highest BCUT2D eigenvalue weighted by Gasteiger charge is 2.46. The number of ether oxygens (including phenoxy) is 1. The maximum absolute atomic E-state index is 6.20. The lowest BCUT2D eigenvalue weighted by atomic mass is 9.77. The number of hydrogen-bond acceptors (Lipinski definition) is 4. The molecule has 0 amide bonds. The molecule has 2 aliphatic rings. The van der Waals surface area contributed by atoms with E-state index in [1.165, 1.54) is 18.1 Å². The first kappa shape index (κ1) is 14.6. The van der Waals surface area contributed by atoms with Crippen molar-refractivity contribution in [3.63, 3.8) is 0 Å². The Hall–Kier alpha value is 0.230. The molecule has 0 spiro atoms. The minimum atomic E-state index is 0.0158. The van der Waals surface area contributed by atoms with Gasteiger partial charge in [-0.1, -0.05) is 6.92 Å². The molecule has 2 saturated heterocycles. The Balaban J connectivity index is 2.18. The van der Waals surface area contributed by atoms with E-state index in [0.717, 1.165) is 32.4 Å². The molecule has 3 atom stereocenters. The molecule has 2 aliphatic heterocycles. The molecule has 0 saturated carbocycles. The third-order valence-corrected chi connectivity index (χ3v) is 6.02. The van der Waals surface area contributed by atoms with Crippen LogP contribution in [-0.4, -0.2) is 53.3 Å². The summed E-state index contributed by atoms with van der Waals surface area (Å²) in [6.45, 7) is 9.63. The molecule has 3 unspecified atom stereocenters. The van der Waals surface area contributed by atoms with E-state index in [9.17, 15) is 0 Å². The molecule has 106 valence electrons. The average Bonchev–Trinajstić information content (AvgIpc) is 2.39. The maximum Gasteiger partial charge on any atom is 0.0670 e. The zero-order chi connectivity index (χ0) is 13.2. The third kappa shape index (κ3) is 2.72. The molecule has 2 N–H and O–H groups in total. The highest BCUT2D eigenvalue weighted by molar-refractivity contribution is 7.99. The maximum atomic E-state index is 6.20. The van der Waals surface area contributed by atoms with Gasteiger partial charge in [-0.2, -0.15) is 11.8 Å². The van der Waals surface area contributed by atoms with E-state index < -0.39 is 0 Å². The van der Waals surface area contributed by atoms with Crippen LogP contribution in [-0.2, 0) is 4.74 Å². The molecule has 0 aromatic carbocycles. The van der Waals surface area contributed by atoms with Crippen molar-refractivity contribution in [1.82, 2.24) is 4.90 Å². The Bertz CT molecular complexity index is 289. The molecule has 2 fully saturated rings. The number of nitrogens with two attached hydrogens (primary N) is 1. The van der Waals surface area contributed by atoms with Gasteiger partial charge in [0.1, 0.15) is 0 Å². The molecule has 3 nitrogen and oxygen atoms in total. The standard InChI is InChI=1S/C14H28N2OS/c1-4-13(3)10-14(11-15,5-7-17-13)16-6-8-18-9-12(16)2/h12H,4-11,15H2,1-3H3. The van der Waals surface area contributed by atoms with Gasteiger partial charge in [-0.25, -0.2) is 0 Å². The van der Waals surface area contributed by atoms with Crippen LogP contribution in [0.25, 0.3) is 0 Å². The van der Waals surface area contributed by atoms with E-state index in [2.05, 4.69) is 37.4 Å². The van der Waals surface area contributed by atoms with Crippen molar-refractivity contribution in [2.45, 2.75) is 57.2 Å². The quantitative estimate of drug-likeness (QED) is 0.854. The number of rotatable bonds is 3. The minimum Gasteiger partial charge on any atom is -0.375 e. The van der Waals surface area contributed by atoms with Gasteiger partial charge >= 0.3 is 0 Å². The summed E-state index contributed by atoms with van der Waals surface area (Å²) in [7, 11) is 0. The van der Waals surface area contributed by atoms with E-state index in [-0.39, 0.29) is 11.1 Å². The summed E-state index contributed by atoms with van der Waals surface area (Å²) >= 11 is 2.07. The summed E-state index contributed by atoms with van der Waals surface area (Å²) in [5.41, 5.74) is 6.39. The molecule has 18 heavy (non-hydrogen) atoms. The van der Waals surface area contributed by atoms with Crippen LogP contribution < -0.4 is 5.73 Å². The first-order chi connectivity index (χ1) is 8.55. The molecule has 2 heterocycles. The number of nitrogens with zero attached hydrogens (tertiary/aromatic N) is 1. The Morgan fingerprint density at radius 1 is 1.50 bits per heavy atom. The molecule has 2 rings (SSSR count). The topological polar surface area (TPSA) is 38.5 Å². The molecule has 0 aromatic rings. The highest BCUT2D eigenvalue weighted by atomic mass is 32.2. The largest absolute Gasteiger partial charge is 0.375 e. The molecule has 4 heteroatoms. The van der Waals surface area contributed by atoms with Crippen molar-refractivity contribution in [2.75, 3.05) is 31.2 Å². The van der Waals surface area contributed by atoms with Gasteiger partial charge in [-0.3, -0.25) is 4.90 Å². The van der Waals surface area contributed by atoms with Gasteiger partial charge in [0.2, 0.25) is 0 Å². The molecule has 0 aliphatic carbocycles. The average molecular weight is 272 g/mol. The Morgan fingerprint density at radius 3 is 2.89 bits per heavy atom.